The number of nitrogens with zero attached hydrogens (tertiary/aromatic N) is 1. The Morgan fingerprint density at radius 3 is 2.56 bits per heavy atom. The van der Waals surface area contributed by atoms with Gasteiger partial charge in [0.25, 0.3) is 21.8 Å². The maximum Gasteiger partial charge on any atom is 0.264 e. The third kappa shape index (κ3) is 5.02. The van der Waals surface area contributed by atoms with Gasteiger partial charge >= 0.3 is 0 Å². The van der Waals surface area contributed by atoms with Crippen LogP contribution in [0.4, 0.5) is 10.7 Å². The lowest BCUT2D eigenvalue weighted by atomic mass is 10.0. The second kappa shape index (κ2) is 10.6. The van der Waals surface area contributed by atoms with Crippen molar-refractivity contribution < 1.29 is 27.5 Å². The summed E-state index contributed by atoms with van der Waals surface area (Å²) in [6.45, 7) is 2.37. The van der Waals surface area contributed by atoms with Crippen molar-refractivity contribution in [2.24, 2.45) is 5.73 Å². The first-order valence-electron chi connectivity index (χ1n) is 13.0. The second-order valence-electron chi connectivity index (χ2n) is 9.87. The van der Waals surface area contributed by atoms with Crippen LogP contribution in [0.2, 0.25) is 0 Å². The smallest absolute Gasteiger partial charge is 0.264 e. The average molecular weight is 590 g/mol. The third-order valence-electron chi connectivity index (χ3n) is 7.29. The molecule has 2 amide bonds. The molecule has 0 radical (unpaired) electrons. The predicted octanol–water partition coefficient (Wildman–Crippen LogP) is 4.87. The Labute approximate surface area is 241 Å². The zero-order valence-electron chi connectivity index (χ0n) is 22.2. The number of rotatable bonds is 7. The van der Waals surface area contributed by atoms with Crippen molar-refractivity contribution in [2.75, 3.05) is 23.0 Å². The molecule has 0 fully saturated rings. The molecule has 41 heavy (non-hydrogen) atoms. The Bertz CT molecular complexity index is 1780. The number of anilines is 2. The van der Waals surface area contributed by atoms with Gasteiger partial charge in [-0.3, -0.25) is 13.9 Å². The summed E-state index contributed by atoms with van der Waals surface area (Å²) in [5.41, 5.74) is 9.52. The van der Waals surface area contributed by atoms with Crippen molar-refractivity contribution >= 4 is 43.9 Å². The number of thiophene rings is 1. The van der Waals surface area contributed by atoms with Crippen LogP contribution in [0, 0.1) is 6.92 Å². The van der Waals surface area contributed by atoms with Gasteiger partial charge in [-0.2, -0.15) is 0 Å². The van der Waals surface area contributed by atoms with E-state index in [0.29, 0.717) is 40.7 Å². The van der Waals surface area contributed by atoms with Crippen LogP contribution in [-0.2, 0) is 22.9 Å². The maximum absolute atomic E-state index is 13.5. The minimum Gasteiger partial charge on any atom is -0.454 e. The number of ether oxygens (including phenoxy) is 2. The van der Waals surface area contributed by atoms with Gasteiger partial charge in [0.15, 0.2) is 11.5 Å². The molecular formula is C30H27N3O6S2. The lowest BCUT2D eigenvalue weighted by molar-refractivity contribution is 0.100. The molecule has 11 heteroatoms. The summed E-state index contributed by atoms with van der Waals surface area (Å²) in [5, 5.41) is 3.15. The van der Waals surface area contributed by atoms with E-state index in [-0.39, 0.29) is 22.8 Å². The number of nitrogens with one attached hydrogen (secondary N) is 1. The second-order valence-corrected chi connectivity index (χ2v) is 12.8. The SMILES string of the molecule is Cc1c(Cc2ccc3c(c2)OCO3)sc(NC(=O)c2ccc(S(=O)(=O)N3CCCc4ccccc43)cc2)c1C(N)=O. The zero-order chi connectivity index (χ0) is 28.7. The van der Waals surface area contributed by atoms with Crippen molar-refractivity contribution in [3.63, 3.8) is 0 Å². The maximum atomic E-state index is 13.5. The van der Waals surface area contributed by atoms with E-state index in [1.807, 2.05) is 42.5 Å². The van der Waals surface area contributed by atoms with E-state index in [2.05, 4.69) is 5.32 Å². The molecule has 210 valence electrons. The average Bonchev–Trinajstić information content (AvgIpc) is 3.56. The molecule has 3 N–H and O–H groups in total. The summed E-state index contributed by atoms with van der Waals surface area (Å²) >= 11 is 1.28. The highest BCUT2D eigenvalue weighted by atomic mass is 32.2. The molecule has 0 saturated heterocycles. The molecule has 0 saturated carbocycles. The highest BCUT2D eigenvalue weighted by Gasteiger charge is 2.29. The Balaban J connectivity index is 1.22. The first-order chi connectivity index (χ1) is 19.7. The van der Waals surface area contributed by atoms with Gasteiger partial charge in [-0.15, -0.1) is 11.3 Å². The lowest BCUT2D eigenvalue weighted by Gasteiger charge is -2.30. The van der Waals surface area contributed by atoms with Gasteiger partial charge in [-0.25, -0.2) is 8.42 Å². The summed E-state index contributed by atoms with van der Waals surface area (Å²) in [7, 11) is -3.80. The number of carbonyl (C=O) groups excluding carboxylic acids is 2. The molecule has 2 aliphatic rings. The summed E-state index contributed by atoms with van der Waals surface area (Å²) < 4.78 is 39.2. The van der Waals surface area contributed by atoms with Crippen molar-refractivity contribution in [2.45, 2.75) is 31.1 Å². The number of para-hydroxylation sites is 1. The Kier molecular flexibility index (Phi) is 6.92. The van der Waals surface area contributed by atoms with Gasteiger partial charge in [0, 0.05) is 23.4 Å². The van der Waals surface area contributed by atoms with Gasteiger partial charge in [0.05, 0.1) is 16.1 Å². The largest absolute Gasteiger partial charge is 0.454 e. The molecule has 2 aliphatic heterocycles. The molecule has 1 aromatic heterocycles. The van der Waals surface area contributed by atoms with Crippen molar-refractivity contribution in [1.29, 1.82) is 0 Å². The van der Waals surface area contributed by atoms with E-state index < -0.39 is 21.8 Å². The van der Waals surface area contributed by atoms with Crippen molar-refractivity contribution in [3.05, 3.63) is 99.4 Å². The van der Waals surface area contributed by atoms with Crippen LogP contribution < -0.4 is 24.8 Å². The first kappa shape index (κ1) is 26.9. The number of fused-ring (bicyclic) bond motifs is 2. The topological polar surface area (TPSA) is 128 Å². The number of primary amides is 1. The third-order valence-corrected chi connectivity index (χ3v) is 10.3. The monoisotopic (exact) mass is 589 g/mol. The summed E-state index contributed by atoms with van der Waals surface area (Å²) in [6, 6.07) is 18.9. The molecule has 6 rings (SSSR count). The molecule has 4 aromatic rings. The number of hydrogen-bond donors (Lipinski definition) is 2. The fraction of sp³-hybridized carbons (Fsp3) is 0.200. The van der Waals surface area contributed by atoms with E-state index in [1.54, 1.807) is 6.92 Å². The fourth-order valence-electron chi connectivity index (χ4n) is 5.18. The number of hydrogen-bond acceptors (Lipinski definition) is 7. The van der Waals surface area contributed by atoms with Gasteiger partial charge < -0.3 is 20.5 Å². The molecule has 0 unspecified atom stereocenters. The fourth-order valence-corrected chi connectivity index (χ4v) is 7.96. The number of amides is 2. The summed E-state index contributed by atoms with van der Waals surface area (Å²) in [4.78, 5) is 26.5. The quantitative estimate of drug-likeness (QED) is 0.317. The highest BCUT2D eigenvalue weighted by Crippen LogP contribution is 2.38. The normalized spacial score (nSPS) is 14.0. The number of benzene rings is 3. The van der Waals surface area contributed by atoms with Gasteiger partial charge in [-0.1, -0.05) is 24.3 Å². The number of aryl methyl sites for hydroxylation is 1. The summed E-state index contributed by atoms with van der Waals surface area (Å²) in [5.74, 6) is 0.224. The molecule has 0 atom stereocenters. The lowest BCUT2D eigenvalue weighted by Crippen LogP contribution is -2.35. The van der Waals surface area contributed by atoms with Crippen LogP contribution in [0.15, 0.2) is 71.6 Å². The predicted molar refractivity (Wildman–Crippen MR) is 157 cm³/mol. The van der Waals surface area contributed by atoms with Gasteiger partial charge in [-0.05, 0) is 78.9 Å². The molecule has 0 bridgehead atoms. The van der Waals surface area contributed by atoms with E-state index in [4.69, 9.17) is 15.2 Å². The molecule has 3 heterocycles. The van der Waals surface area contributed by atoms with Crippen LogP contribution in [0.25, 0.3) is 0 Å². The van der Waals surface area contributed by atoms with E-state index in [0.717, 1.165) is 28.8 Å². The Hall–Kier alpha value is -4.35. The van der Waals surface area contributed by atoms with Crippen LogP contribution in [-0.4, -0.2) is 33.6 Å². The Morgan fingerprint density at radius 1 is 1.02 bits per heavy atom. The highest BCUT2D eigenvalue weighted by molar-refractivity contribution is 7.92. The summed E-state index contributed by atoms with van der Waals surface area (Å²) in [6.07, 6.45) is 2.07. The minimum absolute atomic E-state index is 0.0987. The van der Waals surface area contributed by atoms with Crippen molar-refractivity contribution in [1.82, 2.24) is 0 Å². The zero-order valence-corrected chi connectivity index (χ0v) is 23.8. The minimum atomic E-state index is -3.80. The number of sulfonamides is 1. The first-order valence-corrected chi connectivity index (χ1v) is 15.3. The number of carbonyl (C=O) groups is 2. The van der Waals surface area contributed by atoms with Crippen LogP contribution in [0.1, 0.15) is 48.7 Å². The van der Waals surface area contributed by atoms with Crippen LogP contribution in [0.5, 0.6) is 11.5 Å². The number of nitrogens with two attached hydrogens (primary N) is 1. The Morgan fingerprint density at radius 2 is 1.78 bits per heavy atom. The van der Waals surface area contributed by atoms with E-state index in [9.17, 15) is 18.0 Å². The van der Waals surface area contributed by atoms with Crippen molar-refractivity contribution in [3.8, 4) is 11.5 Å². The van der Waals surface area contributed by atoms with Gasteiger partial charge in [0.1, 0.15) is 5.00 Å². The van der Waals surface area contributed by atoms with E-state index >= 15 is 0 Å². The molecular weight excluding hydrogens is 562 g/mol. The van der Waals surface area contributed by atoms with Crippen LogP contribution in [0.3, 0.4) is 0 Å². The molecule has 0 aliphatic carbocycles. The molecule has 3 aromatic carbocycles. The van der Waals surface area contributed by atoms with Gasteiger partial charge in [0.2, 0.25) is 6.79 Å². The standard InChI is InChI=1S/C30H27N3O6S2/c1-18-26(16-19-8-13-24-25(15-19)39-17-38-24)40-30(27(18)28(31)34)32-29(35)21-9-11-22(12-10-21)41(36,37)33-14-4-6-20-5-2-3-7-23(20)33/h2-3,5,7-13,15H,4,6,14,16-17H2,1H3,(H2,31,34)(H,32,35). The van der Waals surface area contributed by atoms with Crippen LogP contribution >= 0.6 is 11.3 Å². The van der Waals surface area contributed by atoms with E-state index in [1.165, 1.54) is 39.9 Å². The molecule has 0 spiro atoms. The molecule has 9 nitrogen and oxygen atoms in total.